The molecule has 2 heterocycles. The predicted octanol–water partition coefficient (Wildman–Crippen LogP) is 3.94. The Labute approximate surface area is 128 Å². The maximum atomic E-state index is 12.4. The fraction of sp³-hybridized carbons (Fsp3) is 0.235. The molecule has 1 amide bonds. The van der Waals surface area contributed by atoms with Gasteiger partial charge in [0, 0.05) is 33.9 Å². The second-order valence-electron chi connectivity index (χ2n) is 5.79. The van der Waals surface area contributed by atoms with Gasteiger partial charge in [-0.2, -0.15) is 0 Å². The van der Waals surface area contributed by atoms with Crippen LogP contribution in [-0.2, 0) is 5.41 Å². The van der Waals surface area contributed by atoms with Gasteiger partial charge in [-0.3, -0.25) is 4.79 Å². The molecule has 0 radical (unpaired) electrons. The van der Waals surface area contributed by atoms with Gasteiger partial charge in [0.1, 0.15) is 0 Å². The molecule has 1 aromatic carbocycles. The minimum Gasteiger partial charge on any atom is -0.360 e. The summed E-state index contributed by atoms with van der Waals surface area (Å²) in [5.74, 6) is -0.0305. The number of hydrogen-bond acceptors (Lipinski definition) is 2. The Kier molecular flexibility index (Phi) is 3.55. The number of carbonyl (C=O) groups excluding carboxylic acids is 1. The molecule has 4 heteroatoms. The summed E-state index contributed by atoms with van der Waals surface area (Å²) in [4.78, 5) is 16.8. The van der Waals surface area contributed by atoms with Gasteiger partial charge in [0.05, 0.1) is 5.56 Å². The van der Waals surface area contributed by atoms with Gasteiger partial charge in [0.2, 0.25) is 0 Å². The molecule has 0 saturated heterocycles. The van der Waals surface area contributed by atoms with Crippen molar-refractivity contribution in [3.63, 3.8) is 0 Å². The number of carbonyl (C=O) groups is 1. The lowest BCUT2D eigenvalue weighted by molar-refractivity contribution is 0.0947. The Morgan fingerprint density at radius 1 is 1.24 bits per heavy atom. The van der Waals surface area contributed by atoms with Crippen molar-refractivity contribution < 1.29 is 4.79 Å². The third-order valence-corrected chi connectivity index (χ3v) is 4.95. The Hall–Kier alpha value is -2.07. The quantitative estimate of drug-likeness (QED) is 0.753. The highest BCUT2D eigenvalue weighted by Crippen LogP contribution is 2.27. The minimum absolute atomic E-state index is 0.0305. The van der Waals surface area contributed by atoms with E-state index in [9.17, 15) is 4.79 Å². The number of rotatable bonds is 4. The van der Waals surface area contributed by atoms with Crippen LogP contribution in [-0.4, -0.2) is 17.4 Å². The van der Waals surface area contributed by atoms with Gasteiger partial charge < -0.3 is 10.3 Å². The summed E-state index contributed by atoms with van der Waals surface area (Å²) in [7, 11) is 0. The highest BCUT2D eigenvalue weighted by molar-refractivity contribution is 7.10. The molecule has 0 fully saturated rings. The zero-order valence-corrected chi connectivity index (χ0v) is 13.0. The van der Waals surface area contributed by atoms with Crippen LogP contribution in [0, 0.1) is 0 Å². The van der Waals surface area contributed by atoms with Crippen molar-refractivity contribution in [1.82, 2.24) is 10.3 Å². The van der Waals surface area contributed by atoms with Crippen LogP contribution in [0.15, 0.2) is 48.0 Å². The van der Waals surface area contributed by atoms with Crippen LogP contribution in [0.1, 0.15) is 29.1 Å². The highest BCUT2D eigenvalue weighted by atomic mass is 32.1. The minimum atomic E-state index is -0.0596. The van der Waals surface area contributed by atoms with E-state index in [1.165, 1.54) is 4.88 Å². The standard InChI is InChI=1S/C17H18N2OS/c1-17(2,15-8-5-9-21-15)11-19-16(20)13-10-18-14-7-4-3-6-12(13)14/h3-10,18H,11H2,1-2H3,(H,19,20). The first kappa shape index (κ1) is 13.9. The molecule has 108 valence electrons. The molecule has 0 unspecified atom stereocenters. The summed E-state index contributed by atoms with van der Waals surface area (Å²) in [5, 5.41) is 6.08. The number of nitrogens with one attached hydrogen (secondary N) is 2. The van der Waals surface area contributed by atoms with E-state index in [1.54, 1.807) is 17.5 Å². The lowest BCUT2D eigenvalue weighted by Gasteiger charge is -2.23. The van der Waals surface area contributed by atoms with Crippen LogP contribution in [0.2, 0.25) is 0 Å². The summed E-state index contributed by atoms with van der Waals surface area (Å²) in [6.45, 7) is 4.91. The normalized spacial score (nSPS) is 11.7. The molecule has 2 N–H and O–H groups in total. The Bertz CT molecular complexity index is 756. The number of H-pyrrole nitrogens is 1. The molecule has 21 heavy (non-hydrogen) atoms. The van der Waals surface area contributed by atoms with Crippen molar-refractivity contribution in [2.24, 2.45) is 0 Å². The largest absolute Gasteiger partial charge is 0.360 e. The number of benzene rings is 1. The Morgan fingerprint density at radius 3 is 2.81 bits per heavy atom. The van der Waals surface area contributed by atoms with E-state index < -0.39 is 0 Å². The molecular formula is C17H18N2OS. The molecule has 2 aromatic heterocycles. The molecule has 3 nitrogen and oxygen atoms in total. The number of aromatic amines is 1. The van der Waals surface area contributed by atoms with E-state index in [2.05, 4.69) is 35.6 Å². The highest BCUT2D eigenvalue weighted by Gasteiger charge is 2.23. The van der Waals surface area contributed by atoms with Crippen LogP contribution in [0.5, 0.6) is 0 Å². The van der Waals surface area contributed by atoms with E-state index in [0.29, 0.717) is 12.1 Å². The molecule has 0 aliphatic heterocycles. The first-order valence-electron chi connectivity index (χ1n) is 6.96. The number of hydrogen-bond donors (Lipinski definition) is 2. The van der Waals surface area contributed by atoms with Gasteiger partial charge in [0.15, 0.2) is 0 Å². The van der Waals surface area contributed by atoms with Gasteiger partial charge in [-0.05, 0) is 17.5 Å². The second-order valence-corrected chi connectivity index (χ2v) is 6.74. The number of aromatic nitrogens is 1. The molecule has 3 aromatic rings. The topological polar surface area (TPSA) is 44.9 Å². The van der Waals surface area contributed by atoms with Crippen LogP contribution >= 0.6 is 11.3 Å². The Balaban J connectivity index is 1.75. The fourth-order valence-electron chi connectivity index (χ4n) is 2.41. The summed E-state index contributed by atoms with van der Waals surface area (Å²) >= 11 is 1.72. The van der Waals surface area contributed by atoms with E-state index in [-0.39, 0.29) is 11.3 Å². The van der Waals surface area contributed by atoms with Crippen LogP contribution < -0.4 is 5.32 Å². The van der Waals surface area contributed by atoms with Gasteiger partial charge in [-0.1, -0.05) is 38.1 Å². The molecule has 0 atom stereocenters. The number of fused-ring (bicyclic) bond motifs is 1. The van der Waals surface area contributed by atoms with Gasteiger partial charge in [-0.15, -0.1) is 11.3 Å². The van der Waals surface area contributed by atoms with Gasteiger partial charge in [0.25, 0.3) is 5.91 Å². The smallest absolute Gasteiger partial charge is 0.253 e. The lowest BCUT2D eigenvalue weighted by atomic mass is 9.91. The average Bonchev–Trinajstić information content (AvgIpc) is 3.14. The first-order chi connectivity index (χ1) is 10.1. The van der Waals surface area contributed by atoms with E-state index in [4.69, 9.17) is 0 Å². The van der Waals surface area contributed by atoms with E-state index in [1.807, 2.05) is 30.3 Å². The van der Waals surface area contributed by atoms with Crippen molar-refractivity contribution >= 4 is 28.1 Å². The summed E-state index contributed by atoms with van der Waals surface area (Å²) in [6.07, 6.45) is 1.78. The number of thiophene rings is 1. The number of para-hydroxylation sites is 1. The van der Waals surface area contributed by atoms with E-state index in [0.717, 1.165) is 10.9 Å². The van der Waals surface area contributed by atoms with E-state index >= 15 is 0 Å². The predicted molar refractivity (Wildman–Crippen MR) is 88.0 cm³/mol. The Morgan fingerprint density at radius 2 is 2.05 bits per heavy atom. The van der Waals surface area contributed by atoms with Crippen molar-refractivity contribution in [3.8, 4) is 0 Å². The molecular weight excluding hydrogens is 280 g/mol. The van der Waals surface area contributed by atoms with Crippen LogP contribution in [0.3, 0.4) is 0 Å². The molecule has 0 saturated carbocycles. The SMILES string of the molecule is CC(C)(CNC(=O)c1c[nH]c2ccccc12)c1cccs1. The lowest BCUT2D eigenvalue weighted by Crippen LogP contribution is -2.36. The average molecular weight is 298 g/mol. The first-order valence-corrected chi connectivity index (χ1v) is 7.84. The van der Waals surface area contributed by atoms with Crippen LogP contribution in [0.25, 0.3) is 10.9 Å². The zero-order chi connectivity index (χ0) is 14.9. The summed E-state index contributed by atoms with van der Waals surface area (Å²) in [5.41, 5.74) is 1.63. The van der Waals surface area contributed by atoms with Crippen LogP contribution in [0.4, 0.5) is 0 Å². The molecule has 0 spiro atoms. The third kappa shape index (κ3) is 2.72. The molecule has 0 aliphatic carbocycles. The molecule has 0 aliphatic rings. The molecule has 0 bridgehead atoms. The van der Waals surface area contributed by atoms with Crippen molar-refractivity contribution in [2.75, 3.05) is 6.54 Å². The summed E-state index contributed by atoms with van der Waals surface area (Å²) < 4.78 is 0. The maximum Gasteiger partial charge on any atom is 0.253 e. The maximum absolute atomic E-state index is 12.4. The second kappa shape index (κ2) is 5.37. The van der Waals surface area contributed by atoms with Gasteiger partial charge in [-0.25, -0.2) is 0 Å². The number of amides is 1. The third-order valence-electron chi connectivity index (χ3n) is 3.71. The monoisotopic (exact) mass is 298 g/mol. The summed E-state index contributed by atoms with van der Waals surface area (Å²) in [6, 6.07) is 12.0. The van der Waals surface area contributed by atoms with Crippen molar-refractivity contribution in [2.45, 2.75) is 19.3 Å². The van der Waals surface area contributed by atoms with Crippen molar-refractivity contribution in [3.05, 3.63) is 58.4 Å². The molecule has 3 rings (SSSR count). The fourth-order valence-corrected chi connectivity index (χ4v) is 3.26. The van der Waals surface area contributed by atoms with Gasteiger partial charge >= 0.3 is 0 Å². The zero-order valence-electron chi connectivity index (χ0n) is 12.1. The van der Waals surface area contributed by atoms with Crippen molar-refractivity contribution in [1.29, 1.82) is 0 Å².